The number of amides is 1. The normalized spacial score (nSPS) is 11.3. The lowest BCUT2D eigenvalue weighted by Crippen LogP contribution is -2.38. The van der Waals surface area contributed by atoms with E-state index in [0.29, 0.717) is 12.3 Å². The van der Waals surface area contributed by atoms with Gasteiger partial charge in [-0.3, -0.25) is 9.79 Å². The first kappa shape index (κ1) is 26.5. The van der Waals surface area contributed by atoms with E-state index in [0.717, 1.165) is 35.8 Å². The summed E-state index contributed by atoms with van der Waals surface area (Å²) in [6, 6.07) is 15.6. The molecule has 7 nitrogen and oxygen atoms in total. The molecule has 0 spiro atoms. The second-order valence-corrected chi connectivity index (χ2v) is 7.82. The van der Waals surface area contributed by atoms with Crippen LogP contribution < -0.4 is 25.8 Å². The second-order valence-electron chi connectivity index (χ2n) is 7.82. The Hall–Kier alpha value is -2.49. The number of aliphatic imine (C=N–C) groups is 1. The third kappa shape index (κ3) is 10.4. The third-order valence-electron chi connectivity index (χ3n) is 4.07. The van der Waals surface area contributed by atoms with E-state index in [1.807, 2.05) is 69.3 Å². The molecule has 0 aliphatic heterocycles. The Bertz CT molecular complexity index is 849. The minimum absolute atomic E-state index is 0. The van der Waals surface area contributed by atoms with Gasteiger partial charge in [0.1, 0.15) is 17.1 Å². The van der Waals surface area contributed by atoms with Gasteiger partial charge >= 0.3 is 0 Å². The van der Waals surface area contributed by atoms with E-state index in [9.17, 15) is 4.79 Å². The molecule has 170 valence electrons. The Morgan fingerprint density at radius 3 is 2.35 bits per heavy atom. The van der Waals surface area contributed by atoms with Gasteiger partial charge in [-0.2, -0.15) is 0 Å². The number of para-hydroxylation sites is 1. The van der Waals surface area contributed by atoms with Crippen molar-refractivity contribution in [2.24, 2.45) is 10.7 Å². The SMILES string of the molecule is CN=C(NCCc1ccc(OCC(N)=O)cc1)NCc1ccccc1OC(C)(C)C.I. The van der Waals surface area contributed by atoms with Gasteiger partial charge in [0.15, 0.2) is 12.6 Å². The van der Waals surface area contributed by atoms with Gasteiger partial charge in [0.25, 0.3) is 5.91 Å². The maximum absolute atomic E-state index is 10.8. The van der Waals surface area contributed by atoms with Gasteiger partial charge in [-0.15, -0.1) is 24.0 Å². The molecule has 8 heteroatoms. The Balaban J connectivity index is 0.00000480. The summed E-state index contributed by atoms with van der Waals surface area (Å²) in [6.07, 6.45) is 0.820. The summed E-state index contributed by atoms with van der Waals surface area (Å²) in [6.45, 7) is 7.32. The lowest BCUT2D eigenvalue weighted by Gasteiger charge is -2.23. The molecule has 0 atom stereocenters. The summed E-state index contributed by atoms with van der Waals surface area (Å²) >= 11 is 0. The molecule has 31 heavy (non-hydrogen) atoms. The summed E-state index contributed by atoms with van der Waals surface area (Å²) in [4.78, 5) is 15.0. The van der Waals surface area contributed by atoms with E-state index in [-0.39, 0.29) is 36.2 Å². The van der Waals surface area contributed by atoms with E-state index < -0.39 is 5.91 Å². The van der Waals surface area contributed by atoms with Crippen molar-refractivity contribution in [3.63, 3.8) is 0 Å². The van der Waals surface area contributed by atoms with Crippen LogP contribution in [0, 0.1) is 0 Å². The quantitative estimate of drug-likeness (QED) is 0.258. The number of hydrogen-bond donors (Lipinski definition) is 3. The zero-order valence-corrected chi connectivity index (χ0v) is 20.9. The van der Waals surface area contributed by atoms with Crippen molar-refractivity contribution in [3.8, 4) is 11.5 Å². The fourth-order valence-electron chi connectivity index (χ4n) is 2.71. The number of nitrogens with one attached hydrogen (secondary N) is 2. The smallest absolute Gasteiger partial charge is 0.255 e. The molecule has 0 aliphatic rings. The Kier molecular flexibility index (Phi) is 11.2. The molecule has 0 bridgehead atoms. The summed E-state index contributed by atoms with van der Waals surface area (Å²) in [5.41, 5.74) is 7.04. The van der Waals surface area contributed by atoms with E-state index in [4.69, 9.17) is 15.2 Å². The average molecular weight is 540 g/mol. The van der Waals surface area contributed by atoms with Gasteiger partial charge in [-0.25, -0.2) is 0 Å². The number of benzene rings is 2. The maximum Gasteiger partial charge on any atom is 0.255 e. The minimum Gasteiger partial charge on any atom is -0.488 e. The number of guanidine groups is 1. The van der Waals surface area contributed by atoms with Crippen LogP contribution in [0.2, 0.25) is 0 Å². The van der Waals surface area contributed by atoms with E-state index >= 15 is 0 Å². The highest BCUT2D eigenvalue weighted by molar-refractivity contribution is 14.0. The Morgan fingerprint density at radius 2 is 1.74 bits per heavy atom. The van der Waals surface area contributed by atoms with Gasteiger partial charge in [0.05, 0.1) is 0 Å². The van der Waals surface area contributed by atoms with Crippen molar-refractivity contribution in [1.29, 1.82) is 0 Å². The van der Waals surface area contributed by atoms with Crippen LogP contribution in [-0.4, -0.2) is 37.7 Å². The van der Waals surface area contributed by atoms with Crippen molar-refractivity contribution in [1.82, 2.24) is 10.6 Å². The van der Waals surface area contributed by atoms with E-state index in [1.165, 1.54) is 0 Å². The first-order chi connectivity index (χ1) is 14.3. The summed E-state index contributed by atoms with van der Waals surface area (Å²) < 4.78 is 11.3. The zero-order chi connectivity index (χ0) is 22.0. The number of carbonyl (C=O) groups is 1. The summed E-state index contributed by atoms with van der Waals surface area (Å²) in [5, 5.41) is 6.65. The van der Waals surface area contributed by atoms with Crippen LogP contribution in [0.4, 0.5) is 0 Å². The Labute approximate surface area is 201 Å². The van der Waals surface area contributed by atoms with Gasteiger partial charge in [-0.05, 0) is 51.0 Å². The van der Waals surface area contributed by atoms with Gasteiger partial charge < -0.3 is 25.8 Å². The number of halogens is 1. The van der Waals surface area contributed by atoms with E-state index in [1.54, 1.807) is 7.05 Å². The molecular weight excluding hydrogens is 507 g/mol. The molecule has 2 aromatic rings. The van der Waals surface area contributed by atoms with Crippen molar-refractivity contribution >= 4 is 35.8 Å². The molecular formula is C23H33IN4O3. The minimum atomic E-state index is -0.491. The molecule has 2 aromatic carbocycles. The second kappa shape index (κ2) is 13.0. The molecule has 0 heterocycles. The average Bonchev–Trinajstić information content (AvgIpc) is 2.69. The highest BCUT2D eigenvalue weighted by Gasteiger charge is 2.14. The van der Waals surface area contributed by atoms with Crippen LogP contribution in [0.1, 0.15) is 31.9 Å². The van der Waals surface area contributed by atoms with Crippen LogP contribution >= 0.6 is 24.0 Å². The van der Waals surface area contributed by atoms with Crippen LogP contribution in [-0.2, 0) is 17.8 Å². The van der Waals surface area contributed by atoms with Crippen LogP contribution in [0.15, 0.2) is 53.5 Å². The first-order valence-corrected chi connectivity index (χ1v) is 9.98. The predicted octanol–water partition coefficient (Wildman–Crippen LogP) is 3.25. The number of primary amides is 1. The molecule has 2 rings (SSSR count). The number of ether oxygens (including phenoxy) is 2. The van der Waals surface area contributed by atoms with Crippen LogP contribution in [0.25, 0.3) is 0 Å². The predicted molar refractivity (Wildman–Crippen MR) is 135 cm³/mol. The highest BCUT2D eigenvalue weighted by atomic mass is 127. The molecule has 0 aliphatic carbocycles. The number of nitrogens with two attached hydrogens (primary N) is 1. The molecule has 0 fully saturated rings. The topological polar surface area (TPSA) is 98.0 Å². The molecule has 1 amide bonds. The Morgan fingerprint density at radius 1 is 1.06 bits per heavy atom. The maximum atomic E-state index is 10.8. The van der Waals surface area contributed by atoms with Crippen molar-refractivity contribution in [2.45, 2.75) is 39.3 Å². The summed E-state index contributed by atoms with van der Waals surface area (Å²) in [7, 11) is 1.75. The molecule has 0 aromatic heterocycles. The van der Waals surface area contributed by atoms with Gasteiger partial charge in [-0.1, -0.05) is 30.3 Å². The van der Waals surface area contributed by atoms with Crippen LogP contribution in [0.3, 0.4) is 0 Å². The number of rotatable bonds is 9. The fourth-order valence-corrected chi connectivity index (χ4v) is 2.71. The molecule has 0 saturated heterocycles. The van der Waals surface area contributed by atoms with Crippen molar-refractivity contribution in [2.75, 3.05) is 20.2 Å². The zero-order valence-electron chi connectivity index (χ0n) is 18.6. The monoisotopic (exact) mass is 540 g/mol. The number of carbonyl (C=O) groups excluding carboxylic acids is 1. The van der Waals surface area contributed by atoms with Gasteiger partial charge in [0, 0.05) is 25.7 Å². The molecule has 0 radical (unpaired) electrons. The van der Waals surface area contributed by atoms with Crippen molar-refractivity contribution < 1.29 is 14.3 Å². The molecule has 4 N–H and O–H groups in total. The highest BCUT2D eigenvalue weighted by Crippen LogP contribution is 2.22. The fraction of sp³-hybridized carbons (Fsp3) is 0.391. The van der Waals surface area contributed by atoms with Crippen LogP contribution in [0.5, 0.6) is 11.5 Å². The number of nitrogens with zero attached hydrogens (tertiary/aromatic N) is 1. The summed E-state index contributed by atoms with van der Waals surface area (Å²) in [5.74, 6) is 1.72. The van der Waals surface area contributed by atoms with E-state index in [2.05, 4.69) is 15.6 Å². The third-order valence-corrected chi connectivity index (χ3v) is 4.07. The lowest BCUT2D eigenvalue weighted by molar-refractivity contribution is -0.119. The molecule has 0 saturated carbocycles. The largest absolute Gasteiger partial charge is 0.488 e. The van der Waals surface area contributed by atoms with Crippen molar-refractivity contribution in [3.05, 3.63) is 59.7 Å². The lowest BCUT2D eigenvalue weighted by atomic mass is 10.1. The van der Waals surface area contributed by atoms with Gasteiger partial charge in [0.2, 0.25) is 0 Å². The first-order valence-electron chi connectivity index (χ1n) is 9.98. The molecule has 0 unspecified atom stereocenters. The standard InChI is InChI=1S/C23H32N4O3.HI/c1-23(2,3)30-20-8-6-5-7-18(20)15-27-22(25-4)26-14-13-17-9-11-19(12-10-17)29-16-21(24)28;/h5-12H,13-16H2,1-4H3,(H2,24,28)(H2,25,26,27);1H. The number of hydrogen-bond acceptors (Lipinski definition) is 4.